The number of aliphatic hydroxyl groups is 1. The Morgan fingerprint density at radius 1 is 1.24 bits per heavy atom. The quantitative estimate of drug-likeness (QED) is 0.675. The minimum absolute atomic E-state index is 0.110. The number of aliphatic hydroxyl groups excluding tert-OH is 1. The maximum atomic E-state index is 10.9. The zero-order valence-electron chi connectivity index (χ0n) is 11.6. The van der Waals surface area contributed by atoms with Gasteiger partial charge in [0.2, 0.25) is 0 Å². The molecule has 0 aromatic carbocycles. The summed E-state index contributed by atoms with van der Waals surface area (Å²) in [6.45, 7) is 10.1. The van der Waals surface area contributed by atoms with Crippen molar-refractivity contribution >= 4 is 5.97 Å². The highest BCUT2D eigenvalue weighted by molar-refractivity contribution is 5.85. The molecule has 0 bridgehead atoms. The highest BCUT2D eigenvalue weighted by atomic mass is 16.4. The first-order chi connectivity index (χ1) is 7.79. The van der Waals surface area contributed by atoms with Crippen molar-refractivity contribution in [3.8, 4) is 0 Å². The van der Waals surface area contributed by atoms with Crippen LogP contribution in [-0.4, -0.2) is 22.8 Å². The lowest BCUT2D eigenvalue weighted by molar-refractivity contribution is -0.132. The van der Waals surface area contributed by atoms with Crippen LogP contribution in [0.3, 0.4) is 0 Å². The fraction of sp³-hybridized carbons (Fsp3) is 0.786. The summed E-state index contributed by atoms with van der Waals surface area (Å²) in [6, 6.07) is 0. The molecule has 2 atom stereocenters. The fourth-order valence-electron chi connectivity index (χ4n) is 2.14. The first-order valence-electron chi connectivity index (χ1n) is 6.32. The molecule has 0 aliphatic carbocycles. The van der Waals surface area contributed by atoms with Crippen molar-refractivity contribution in [1.29, 1.82) is 0 Å². The van der Waals surface area contributed by atoms with Crippen LogP contribution in [0, 0.1) is 23.7 Å². The summed E-state index contributed by atoms with van der Waals surface area (Å²) in [4.78, 5) is 10.9. The van der Waals surface area contributed by atoms with Crippen molar-refractivity contribution < 1.29 is 15.0 Å². The smallest absolute Gasteiger partial charge is 0.330 e. The predicted octanol–water partition coefficient (Wildman–Crippen LogP) is 2.94. The zero-order valence-corrected chi connectivity index (χ0v) is 11.6. The predicted molar refractivity (Wildman–Crippen MR) is 69.8 cm³/mol. The summed E-state index contributed by atoms with van der Waals surface area (Å²) in [5.41, 5.74) is 0.370. The Morgan fingerprint density at radius 3 is 2.06 bits per heavy atom. The van der Waals surface area contributed by atoms with Gasteiger partial charge in [-0.05, 0) is 37.0 Å². The molecule has 0 heterocycles. The molecule has 0 radical (unpaired) electrons. The summed E-state index contributed by atoms with van der Waals surface area (Å²) in [6.07, 6.45) is 2.72. The molecule has 3 nitrogen and oxygen atoms in total. The third kappa shape index (κ3) is 5.87. The first-order valence-corrected chi connectivity index (χ1v) is 6.32. The molecule has 0 aliphatic rings. The van der Waals surface area contributed by atoms with Crippen molar-refractivity contribution in [3.63, 3.8) is 0 Å². The fourth-order valence-corrected chi connectivity index (χ4v) is 2.14. The molecule has 2 N–H and O–H groups in total. The average Bonchev–Trinajstić information content (AvgIpc) is 2.16. The normalized spacial score (nSPS) is 16.4. The van der Waals surface area contributed by atoms with Crippen LogP contribution in [0.1, 0.15) is 41.0 Å². The molecular weight excluding hydrogens is 216 g/mol. The van der Waals surface area contributed by atoms with E-state index in [0.29, 0.717) is 17.4 Å². The van der Waals surface area contributed by atoms with Crippen molar-refractivity contribution in [2.75, 3.05) is 6.61 Å². The Labute approximate surface area is 105 Å². The lowest BCUT2D eigenvalue weighted by Crippen LogP contribution is -2.24. The van der Waals surface area contributed by atoms with Gasteiger partial charge < -0.3 is 10.2 Å². The molecule has 0 saturated heterocycles. The van der Waals surface area contributed by atoms with Gasteiger partial charge in [0.25, 0.3) is 0 Å². The summed E-state index contributed by atoms with van der Waals surface area (Å²) in [5, 5.41) is 18.4. The van der Waals surface area contributed by atoms with Gasteiger partial charge in [-0.25, -0.2) is 4.79 Å². The molecule has 100 valence electrons. The maximum absolute atomic E-state index is 10.9. The van der Waals surface area contributed by atoms with Crippen LogP contribution in [-0.2, 0) is 4.79 Å². The van der Waals surface area contributed by atoms with E-state index in [2.05, 4.69) is 27.7 Å². The van der Waals surface area contributed by atoms with Crippen molar-refractivity contribution in [1.82, 2.24) is 0 Å². The van der Waals surface area contributed by atoms with Gasteiger partial charge in [0.1, 0.15) is 0 Å². The number of hydrogen-bond acceptors (Lipinski definition) is 2. The average molecular weight is 242 g/mol. The molecule has 0 amide bonds. The standard InChI is InChI=1S/C14H26O3/c1-9(2)6-12(7-11(5)14(16)17)13(8-15)10(3)4/h7,9-10,12-13,15H,6,8H2,1-5H3,(H,16,17)/b11-7+. The van der Waals surface area contributed by atoms with Gasteiger partial charge >= 0.3 is 5.97 Å². The minimum Gasteiger partial charge on any atom is -0.478 e. The molecule has 17 heavy (non-hydrogen) atoms. The summed E-state index contributed by atoms with van der Waals surface area (Å²) < 4.78 is 0. The summed E-state index contributed by atoms with van der Waals surface area (Å²) in [7, 11) is 0. The third-order valence-electron chi connectivity index (χ3n) is 3.16. The van der Waals surface area contributed by atoms with Gasteiger partial charge in [-0.2, -0.15) is 0 Å². The number of carboxylic acids is 1. The Bertz CT molecular complexity index is 267. The molecule has 2 unspecified atom stereocenters. The van der Waals surface area contributed by atoms with Crippen LogP contribution in [0.25, 0.3) is 0 Å². The second kappa shape index (κ2) is 7.49. The summed E-state index contributed by atoms with van der Waals surface area (Å²) >= 11 is 0. The van der Waals surface area contributed by atoms with Gasteiger partial charge in [-0.15, -0.1) is 0 Å². The highest BCUT2D eigenvalue weighted by Gasteiger charge is 2.23. The lowest BCUT2D eigenvalue weighted by Gasteiger charge is -2.28. The number of hydrogen-bond donors (Lipinski definition) is 2. The van der Waals surface area contributed by atoms with Gasteiger partial charge in [-0.3, -0.25) is 0 Å². The first kappa shape index (κ1) is 16.2. The van der Waals surface area contributed by atoms with E-state index in [9.17, 15) is 9.90 Å². The maximum Gasteiger partial charge on any atom is 0.330 e. The molecule has 0 aliphatic heterocycles. The van der Waals surface area contributed by atoms with E-state index in [4.69, 9.17) is 5.11 Å². The molecule has 3 heteroatoms. The second-order valence-corrected chi connectivity index (χ2v) is 5.54. The van der Waals surface area contributed by atoms with Crippen molar-refractivity contribution in [3.05, 3.63) is 11.6 Å². The molecule has 0 aromatic rings. The van der Waals surface area contributed by atoms with Crippen LogP contribution < -0.4 is 0 Å². The van der Waals surface area contributed by atoms with Crippen LogP contribution >= 0.6 is 0 Å². The van der Waals surface area contributed by atoms with Crippen molar-refractivity contribution in [2.45, 2.75) is 41.0 Å². The van der Waals surface area contributed by atoms with E-state index < -0.39 is 5.97 Å². The van der Waals surface area contributed by atoms with Crippen LogP contribution in [0.5, 0.6) is 0 Å². The van der Waals surface area contributed by atoms with E-state index in [1.807, 2.05) is 6.08 Å². The Hall–Kier alpha value is -0.830. The largest absolute Gasteiger partial charge is 0.478 e. The van der Waals surface area contributed by atoms with E-state index in [0.717, 1.165) is 6.42 Å². The number of carboxylic acid groups (broad SMARTS) is 1. The van der Waals surface area contributed by atoms with Crippen LogP contribution in [0.4, 0.5) is 0 Å². The van der Waals surface area contributed by atoms with Crippen LogP contribution in [0.2, 0.25) is 0 Å². The number of aliphatic carboxylic acids is 1. The number of allylic oxidation sites excluding steroid dienone is 1. The molecule has 0 aromatic heterocycles. The molecule has 0 fully saturated rings. The lowest BCUT2D eigenvalue weighted by atomic mass is 9.78. The van der Waals surface area contributed by atoms with E-state index in [-0.39, 0.29) is 18.4 Å². The highest BCUT2D eigenvalue weighted by Crippen LogP contribution is 2.28. The topological polar surface area (TPSA) is 57.5 Å². The Morgan fingerprint density at radius 2 is 1.76 bits per heavy atom. The van der Waals surface area contributed by atoms with Gasteiger partial charge in [0.05, 0.1) is 0 Å². The second-order valence-electron chi connectivity index (χ2n) is 5.54. The Kier molecular flexibility index (Phi) is 7.12. The van der Waals surface area contributed by atoms with E-state index in [1.54, 1.807) is 6.92 Å². The molecule has 0 spiro atoms. The zero-order chi connectivity index (χ0) is 13.6. The minimum atomic E-state index is -0.876. The third-order valence-corrected chi connectivity index (χ3v) is 3.16. The molecule has 0 saturated carbocycles. The SMILES string of the molecule is C/C(=C\C(CC(C)C)C(CO)C(C)C)C(=O)O. The number of carbonyl (C=O) groups is 1. The molecule has 0 rings (SSSR count). The summed E-state index contributed by atoms with van der Waals surface area (Å²) in [5.74, 6) is 0.231. The van der Waals surface area contributed by atoms with E-state index in [1.165, 1.54) is 0 Å². The van der Waals surface area contributed by atoms with Crippen molar-refractivity contribution in [2.24, 2.45) is 23.7 Å². The Balaban J connectivity index is 4.98. The number of rotatable bonds is 7. The van der Waals surface area contributed by atoms with Gasteiger partial charge in [-0.1, -0.05) is 33.8 Å². The van der Waals surface area contributed by atoms with Gasteiger partial charge in [0, 0.05) is 12.2 Å². The molecular formula is C14H26O3. The monoisotopic (exact) mass is 242 g/mol. The van der Waals surface area contributed by atoms with E-state index >= 15 is 0 Å². The van der Waals surface area contributed by atoms with Crippen LogP contribution in [0.15, 0.2) is 11.6 Å². The van der Waals surface area contributed by atoms with Gasteiger partial charge in [0.15, 0.2) is 0 Å².